The van der Waals surface area contributed by atoms with Crippen molar-refractivity contribution in [3.8, 4) is 11.1 Å². The van der Waals surface area contributed by atoms with E-state index < -0.39 is 5.41 Å². The molecule has 1 saturated heterocycles. The van der Waals surface area contributed by atoms with Gasteiger partial charge in [0.2, 0.25) is 11.8 Å². The van der Waals surface area contributed by atoms with E-state index in [1.165, 1.54) is 0 Å². The van der Waals surface area contributed by atoms with Gasteiger partial charge in [0.1, 0.15) is 0 Å². The maximum Gasteiger partial charge on any atom is 0.228 e. The Morgan fingerprint density at radius 1 is 1.19 bits per heavy atom. The summed E-state index contributed by atoms with van der Waals surface area (Å²) in [6.45, 7) is 3.79. The Bertz CT molecular complexity index is 972. The molecule has 32 heavy (non-hydrogen) atoms. The van der Waals surface area contributed by atoms with Gasteiger partial charge in [-0.15, -0.1) is 0 Å². The molecule has 0 spiro atoms. The third-order valence-corrected chi connectivity index (χ3v) is 6.78. The van der Waals surface area contributed by atoms with Crippen LogP contribution in [0.5, 0.6) is 0 Å². The number of allylic oxidation sites excluding steroid dienone is 2. The van der Waals surface area contributed by atoms with Crippen LogP contribution in [-0.4, -0.2) is 41.3 Å². The van der Waals surface area contributed by atoms with E-state index in [1.54, 1.807) is 12.4 Å². The van der Waals surface area contributed by atoms with E-state index in [1.807, 2.05) is 24.0 Å². The molecule has 0 saturated carbocycles. The summed E-state index contributed by atoms with van der Waals surface area (Å²) in [6.07, 6.45) is 12.9. The van der Waals surface area contributed by atoms with E-state index in [4.69, 9.17) is 0 Å². The molecule has 2 unspecified atom stereocenters. The van der Waals surface area contributed by atoms with Crippen molar-refractivity contribution in [3.63, 3.8) is 0 Å². The highest BCUT2D eigenvalue weighted by Crippen LogP contribution is 2.36. The molecule has 1 aliphatic heterocycles. The smallest absolute Gasteiger partial charge is 0.228 e. The largest absolute Gasteiger partial charge is 0.356 e. The Morgan fingerprint density at radius 3 is 2.78 bits per heavy atom. The predicted octanol–water partition coefficient (Wildman–Crippen LogP) is 4.39. The molecule has 1 aromatic carbocycles. The maximum absolute atomic E-state index is 13.3. The van der Waals surface area contributed by atoms with Crippen LogP contribution in [0.3, 0.4) is 0 Å². The van der Waals surface area contributed by atoms with Crippen LogP contribution in [0.1, 0.15) is 44.6 Å². The van der Waals surface area contributed by atoms with E-state index in [0.29, 0.717) is 31.8 Å². The summed E-state index contributed by atoms with van der Waals surface area (Å²) < 4.78 is 0. The highest BCUT2D eigenvalue weighted by atomic mass is 16.2. The molecule has 5 nitrogen and oxygen atoms in total. The van der Waals surface area contributed by atoms with Gasteiger partial charge in [0, 0.05) is 38.4 Å². The van der Waals surface area contributed by atoms with Crippen LogP contribution in [0.2, 0.25) is 0 Å². The van der Waals surface area contributed by atoms with E-state index in [9.17, 15) is 9.59 Å². The van der Waals surface area contributed by atoms with Crippen molar-refractivity contribution in [1.82, 2.24) is 15.2 Å². The topological polar surface area (TPSA) is 62.3 Å². The van der Waals surface area contributed by atoms with Gasteiger partial charge in [0.25, 0.3) is 0 Å². The minimum absolute atomic E-state index is 0.0626. The SMILES string of the molecule is CCNC(=O)C1(Cc2cccc(-c3ccncc3)c2)CCCN(C(=O)CC2C=CCC2)C1. The number of carbonyl (C=O) groups is 2. The summed E-state index contributed by atoms with van der Waals surface area (Å²) in [7, 11) is 0. The van der Waals surface area contributed by atoms with Gasteiger partial charge in [-0.3, -0.25) is 14.6 Å². The second kappa shape index (κ2) is 10.1. The first-order valence-electron chi connectivity index (χ1n) is 11.8. The molecule has 2 heterocycles. The molecule has 1 aromatic heterocycles. The van der Waals surface area contributed by atoms with Crippen molar-refractivity contribution < 1.29 is 9.59 Å². The van der Waals surface area contributed by atoms with Gasteiger partial charge >= 0.3 is 0 Å². The third kappa shape index (κ3) is 5.09. The van der Waals surface area contributed by atoms with Crippen LogP contribution in [-0.2, 0) is 16.0 Å². The first-order chi connectivity index (χ1) is 15.6. The van der Waals surface area contributed by atoms with Crippen LogP contribution < -0.4 is 5.32 Å². The first kappa shape index (κ1) is 22.3. The molecule has 5 heteroatoms. The van der Waals surface area contributed by atoms with Crippen LogP contribution in [0.25, 0.3) is 11.1 Å². The van der Waals surface area contributed by atoms with E-state index >= 15 is 0 Å². The molecule has 2 atom stereocenters. The first-order valence-corrected chi connectivity index (χ1v) is 11.8. The second-order valence-corrected chi connectivity index (χ2v) is 9.14. The minimum Gasteiger partial charge on any atom is -0.356 e. The van der Waals surface area contributed by atoms with E-state index in [-0.39, 0.29) is 11.8 Å². The van der Waals surface area contributed by atoms with E-state index in [2.05, 4.69) is 46.7 Å². The van der Waals surface area contributed by atoms with Crippen molar-refractivity contribution in [2.24, 2.45) is 11.3 Å². The predicted molar refractivity (Wildman–Crippen MR) is 127 cm³/mol. The molecule has 2 aromatic rings. The van der Waals surface area contributed by atoms with Gasteiger partial charge in [-0.25, -0.2) is 0 Å². The summed E-state index contributed by atoms with van der Waals surface area (Å²) in [5.41, 5.74) is 2.76. The molecule has 168 valence electrons. The average Bonchev–Trinajstić information content (AvgIpc) is 3.33. The molecule has 2 amide bonds. The normalized spacial score (nSPS) is 22.7. The molecule has 0 radical (unpaired) electrons. The number of aromatic nitrogens is 1. The molecule has 1 aliphatic carbocycles. The summed E-state index contributed by atoms with van der Waals surface area (Å²) in [5, 5.41) is 3.06. The highest BCUT2D eigenvalue weighted by molar-refractivity contribution is 5.85. The Morgan fingerprint density at radius 2 is 2.03 bits per heavy atom. The summed E-state index contributed by atoms with van der Waals surface area (Å²) >= 11 is 0. The van der Waals surface area contributed by atoms with Gasteiger partial charge < -0.3 is 10.2 Å². The van der Waals surface area contributed by atoms with Crippen LogP contribution >= 0.6 is 0 Å². The van der Waals surface area contributed by atoms with Gasteiger partial charge in [-0.2, -0.15) is 0 Å². The van der Waals surface area contributed by atoms with Gasteiger partial charge in [-0.05, 0) is 73.8 Å². The Balaban J connectivity index is 1.56. The maximum atomic E-state index is 13.3. The zero-order valence-electron chi connectivity index (χ0n) is 18.9. The highest BCUT2D eigenvalue weighted by Gasteiger charge is 2.43. The molecular formula is C27H33N3O2. The number of rotatable bonds is 7. The summed E-state index contributed by atoms with van der Waals surface area (Å²) in [4.78, 5) is 32.4. The molecule has 4 rings (SSSR count). The average molecular weight is 432 g/mol. The number of likely N-dealkylation sites (tertiary alicyclic amines) is 1. The summed E-state index contributed by atoms with van der Waals surface area (Å²) in [6, 6.07) is 12.4. The fourth-order valence-electron chi connectivity index (χ4n) is 5.12. The fourth-order valence-corrected chi connectivity index (χ4v) is 5.12. The Labute approximate surface area is 190 Å². The van der Waals surface area contributed by atoms with Gasteiger partial charge in [0.15, 0.2) is 0 Å². The lowest BCUT2D eigenvalue weighted by molar-refractivity contribution is -0.142. The Kier molecular flexibility index (Phi) is 7.03. The lowest BCUT2D eigenvalue weighted by atomic mass is 9.73. The fraction of sp³-hybridized carbons (Fsp3) is 0.444. The Hall–Kier alpha value is -2.95. The number of hydrogen-bond donors (Lipinski definition) is 1. The number of piperidine rings is 1. The molecule has 0 bridgehead atoms. The third-order valence-electron chi connectivity index (χ3n) is 6.78. The van der Waals surface area contributed by atoms with Gasteiger partial charge in [0.05, 0.1) is 5.41 Å². The van der Waals surface area contributed by atoms with E-state index in [0.717, 1.165) is 48.9 Å². The van der Waals surface area contributed by atoms with Crippen molar-refractivity contribution in [1.29, 1.82) is 0 Å². The number of nitrogens with one attached hydrogen (secondary N) is 1. The van der Waals surface area contributed by atoms with Crippen LogP contribution in [0.4, 0.5) is 0 Å². The van der Waals surface area contributed by atoms with Crippen molar-refractivity contribution >= 4 is 11.8 Å². The molecular weight excluding hydrogens is 398 g/mol. The number of benzene rings is 1. The molecule has 2 aliphatic rings. The zero-order chi connectivity index (χ0) is 22.4. The number of amides is 2. The minimum atomic E-state index is -0.591. The monoisotopic (exact) mass is 431 g/mol. The molecule has 1 fully saturated rings. The number of nitrogens with zero attached hydrogens (tertiary/aromatic N) is 2. The van der Waals surface area contributed by atoms with Crippen molar-refractivity contribution in [2.75, 3.05) is 19.6 Å². The molecule has 1 N–H and O–H groups in total. The van der Waals surface area contributed by atoms with Crippen LogP contribution in [0.15, 0.2) is 60.9 Å². The lowest BCUT2D eigenvalue weighted by Gasteiger charge is -2.42. The number of hydrogen-bond acceptors (Lipinski definition) is 3. The number of carbonyl (C=O) groups excluding carboxylic acids is 2. The zero-order valence-corrected chi connectivity index (χ0v) is 18.9. The van der Waals surface area contributed by atoms with Gasteiger partial charge in [-0.1, -0.05) is 36.4 Å². The second-order valence-electron chi connectivity index (χ2n) is 9.14. The number of pyridine rings is 1. The quantitative estimate of drug-likeness (QED) is 0.661. The van der Waals surface area contributed by atoms with Crippen molar-refractivity contribution in [2.45, 2.75) is 45.4 Å². The lowest BCUT2D eigenvalue weighted by Crippen LogP contribution is -2.54. The standard InChI is InChI=1S/C27H33N3O2/c1-2-29-26(32)27(13-6-16-30(20-27)25(31)18-21-7-3-4-8-21)19-22-9-5-10-24(17-22)23-11-14-28-15-12-23/h3,5,7,9-12,14-15,17,21H,2,4,6,8,13,16,18-20H2,1H3,(H,29,32). The summed E-state index contributed by atoms with van der Waals surface area (Å²) in [5.74, 6) is 0.591. The van der Waals surface area contributed by atoms with Crippen molar-refractivity contribution in [3.05, 3.63) is 66.5 Å². The van der Waals surface area contributed by atoms with Crippen LogP contribution in [0, 0.1) is 11.3 Å².